The molecule has 0 aromatic heterocycles. The number of carbonyl (C=O) groups is 3. The van der Waals surface area contributed by atoms with Crippen LogP contribution in [0.15, 0.2) is 0 Å². The van der Waals surface area contributed by atoms with E-state index in [1.54, 1.807) is 0 Å². The van der Waals surface area contributed by atoms with Crippen LogP contribution in [0.3, 0.4) is 0 Å². The maximum atomic E-state index is 12.5. The molecule has 0 heterocycles. The van der Waals surface area contributed by atoms with Crippen LogP contribution >= 0.6 is 0 Å². The van der Waals surface area contributed by atoms with E-state index < -0.39 is 36.4 Å². The fourth-order valence-corrected chi connectivity index (χ4v) is 2.33. The average Bonchev–Trinajstić information content (AvgIpc) is 2.71. The summed E-state index contributed by atoms with van der Waals surface area (Å²) in [4.78, 5) is 36.4. The number of esters is 2. The van der Waals surface area contributed by atoms with Gasteiger partial charge in [-0.05, 0) is 0 Å². The normalized spacial score (nSPS) is 15.4. The summed E-state index contributed by atoms with van der Waals surface area (Å²) in [6, 6.07) is 0. The Morgan fingerprint density at radius 1 is 0.643 bits per heavy atom. The van der Waals surface area contributed by atoms with Gasteiger partial charge in [-0.15, -0.1) is 0 Å². The zero-order valence-corrected chi connectivity index (χ0v) is 17.1. The van der Waals surface area contributed by atoms with Crippen molar-refractivity contribution >= 4 is 17.7 Å². The predicted octanol–water partition coefficient (Wildman–Crippen LogP) is -0.310. The van der Waals surface area contributed by atoms with Crippen LogP contribution in [0.2, 0.25) is 0 Å². The van der Waals surface area contributed by atoms with Crippen LogP contribution in [0.1, 0.15) is 12.8 Å². The molecule has 0 aromatic carbocycles. The first-order valence-corrected chi connectivity index (χ1v) is 8.34. The number of rotatable bonds is 16. The van der Waals surface area contributed by atoms with E-state index in [4.69, 9.17) is 28.4 Å². The summed E-state index contributed by atoms with van der Waals surface area (Å²) >= 11 is 0. The molecule has 0 aliphatic carbocycles. The van der Waals surface area contributed by atoms with E-state index in [2.05, 4.69) is 9.47 Å². The first-order chi connectivity index (χ1) is 13.4. The summed E-state index contributed by atoms with van der Waals surface area (Å²) in [6.07, 6.45) is -4.58. The Bertz CT molecular complexity index is 428. The lowest BCUT2D eigenvalue weighted by atomic mass is 10.0. The van der Waals surface area contributed by atoms with Gasteiger partial charge in [0.05, 0.1) is 14.2 Å². The Labute approximate surface area is 164 Å². The van der Waals surface area contributed by atoms with Gasteiger partial charge in [-0.1, -0.05) is 0 Å². The summed E-state index contributed by atoms with van der Waals surface area (Å²) in [5, 5.41) is 0. The molecule has 0 aliphatic rings. The highest BCUT2D eigenvalue weighted by molar-refractivity contribution is 5.83. The molecule has 0 bridgehead atoms. The van der Waals surface area contributed by atoms with E-state index in [9.17, 15) is 14.4 Å². The molecule has 164 valence electrons. The van der Waals surface area contributed by atoms with Crippen molar-refractivity contribution in [2.45, 2.75) is 37.3 Å². The van der Waals surface area contributed by atoms with Gasteiger partial charge in [0, 0.05) is 41.3 Å². The van der Waals surface area contributed by atoms with Crippen molar-refractivity contribution in [3.05, 3.63) is 0 Å². The van der Waals surface area contributed by atoms with Gasteiger partial charge in [0.1, 0.15) is 31.6 Å². The summed E-state index contributed by atoms with van der Waals surface area (Å²) in [5.74, 6) is -1.78. The highest BCUT2D eigenvalue weighted by Gasteiger charge is 2.36. The monoisotopic (exact) mass is 410 g/mol. The molecule has 28 heavy (non-hydrogen) atoms. The zero-order valence-electron chi connectivity index (χ0n) is 17.1. The van der Waals surface area contributed by atoms with E-state index in [-0.39, 0.29) is 32.2 Å². The predicted molar refractivity (Wildman–Crippen MR) is 93.4 cm³/mol. The number of carbonyl (C=O) groups excluding carboxylic acids is 3. The van der Waals surface area contributed by atoms with Crippen molar-refractivity contribution in [3.8, 4) is 0 Å². The molecule has 11 nitrogen and oxygen atoms in total. The minimum atomic E-state index is -1.17. The van der Waals surface area contributed by atoms with Crippen LogP contribution in [0.5, 0.6) is 0 Å². The third-order valence-electron chi connectivity index (χ3n) is 3.74. The molecular weight excluding hydrogens is 380 g/mol. The molecule has 0 fully saturated rings. The second-order valence-corrected chi connectivity index (χ2v) is 5.53. The summed E-state index contributed by atoms with van der Waals surface area (Å²) in [7, 11) is 7.81. The van der Waals surface area contributed by atoms with E-state index in [1.165, 1.54) is 42.7 Å². The second kappa shape index (κ2) is 15.3. The first kappa shape index (κ1) is 26.4. The highest BCUT2D eigenvalue weighted by Crippen LogP contribution is 2.16. The van der Waals surface area contributed by atoms with Crippen molar-refractivity contribution in [2.24, 2.45) is 0 Å². The number of ketones is 1. The quantitative estimate of drug-likeness (QED) is 0.246. The topological polar surface area (TPSA) is 125 Å². The van der Waals surface area contributed by atoms with Crippen LogP contribution in [-0.4, -0.2) is 98.4 Å². The molecule has 4 atom stereocenters. The molecule has 0 aromatic rings. The lowest BCUT2D eigenvalue weighted by Crippen LogP contribution is -2.43. The first-order valence-electron chi connectivity index (χ1n) is 8.34. The molecule has 0 rings (SSSR count). The van der Waals surface area contributed by atoms with Crippen LogP contribution in [0.4, 0.5) is 0 Å². The van der Waals surface area contributed by atoms with Gasteiger partial charge in [-0.2, -0.15) is 0 Å². The van der Waals surface area contributed by atoms with Crippen LogP contribution in [0, 0.1) is 0 Å². The highest BCUT2D eigenvalue weighted by atomic mass is 16.7. The van der Waals surface area contributed by atoms with Crippen LogP contribution < -0.4 is 0 Å². The van der Waals surface area contributed by atoms with E-state index >= 15 is 0 Å². The fraction of sp³-hybridized carbons (Fsp3) is 0.824. The number of methoxy groups -OCH3 is 6. The van der Waals surface area contributed by atoms with Gasteiger partial charge in [0.25, 0.3) is 0 Å². The lowest BCUT2D eigenvalue weighted by molar-refractivity contribution is -0.179. The Morgan fingerprint density at radius 2 is 1.00 bits per heavy atom. The molecule has 0 amide bonds. The maximum Gasteiger partial charge on any atom is 0.337 e. The number of ether oxygens (including phenoxy) is 8. The van der Waals surface area contributed by atoms with Gasteiger partial charge in [-0.3, -0.25) is 4.79 Å². The molecule has 0 unspecified atom stereocenters. The molecule has 11 heteroatoms. The van der Waals surface area contributed by atoms with Crippen molar-refractivity contribution in [1.29, 1.82) is 0 Å². The minimum absolute atomic E-state index is 0.191. The Hall–Kier alpha value is -1.63. The van der Waals surface area contributed by atoms with Gasteiger partial charge < -0.3 is 37.9 Å². The zero-order chi connectivity index (χ0) is 21.5. The Kier molecular flexibility index (Phi) is 14.4. The molecule has 0 radical (unpaired) electrons. The minimum Gasteiger partial charge on any atom is -0.467 e. The van der Waals surface area contributed by atoms with Gasteiger partial charge in [-0.25, -0.2) is 9.59 Å². The molecule has 0 spiro atoms. The summed E-state index contributed by atoms with van der Waals surface area (Å²) in [5.41, 5.74) is 0. The number of hydrogen-bond acceptors (Lipinski definition) is 11. The standard InChI is InChI=1S/C17H30O11/c1-21-9-27-14(16(19)25-5)12(23-3)7-11(18)8-13(24-4)15(17(20)26-6)28-10-22-2/h12-15H,7-10H2,1-6H3/t12-,13-,14+,15+/m1/s1. The van der Waals surface area contributed by atoms with Crippen molar-refractivity contribution in [1.82, 2.24) is 0 Å². The van der Waals surface area contributed by atoms with Crippen LogP contribution in [0.25, 0.3) is 0 Å². The lowest BCUT2D eigenvalue weighted by Gasteiger charge is -2.26. The van der Waals surface area contributed by atoms with Crippen molar-refractivity contribution in [3.63, 3.8) is 0 Å². The SMILES string of the molecule is COCO[C@H](C(=O)OC)[C@@H](CC(=O)C[C@@H](OC)[C@H](OCOC)C(=O)OC)OC. The number of hydrogen-bond donors (Lipinski definition) is 0. The Balaban J connectivity index is 5.13. The van der Waals surface area contributed by atoms with Crippen LogP contribution in [-0.2, 0) is 52.3 Å². The largest absolute Gasteiger partial charge is 0.467 e. The third-order valence-corrected chi connectivity index (χ3v) is 3.74. The van der Waals surface area contributed by atoms with Crippen molar-refractivity contribution in [2.75, 3.05) is 56.2 Å². The van der Waals surface area contributed by atoms with Gasteiger partial charge >= 0.3 is 11.9 Å². The molecule has 0 N–H and O–H groups in total. The molecule has 0 saturated heterocycles. The molecule has 0 aliphatic heterocycles. The summed E-state index contributed by atoms with van der Waals surface area (Å²) in [6.45, 7) is -0.381. The fourth-order valence-electron chi connectivity index (χ4n) is 2.33. The molecule has 0 saturated carbocycles. The molecular formula is C17H30O11. The van der Waals surface area contributed by atoms with E-state index in [0.717, 1.165) is 0 Å². The van der Waals surface area contributed by atoms with E-state index in [0.29, 0.717) is 0 Å². The van der Waals surface area contributed by atoms with Gasteiger partial charge in [0.15, 0.2) is 12.2 Å². The Morgan fingerprint density at radius 3 is 1.25 bits per heavy atom. The van der Waals surface area contributed by atoms with E-state index in [1.807, 2.05) is 0 Å². The average molecular weight is 410 g/mol. The smallest absolute Gasteiger partial charge is 0.337 e. The number of Topliss-reactive ketones (excluding diaryl/α,β-unsaturated/α-hetero) is 1. The summed E-state index contributed by atoms with van der Waals surface area (Å²) < 4.78 is 39.9. The third kappa shape index (κ3) is 9.04. The maximum absolute atomic E-state index is 12.5. The van der Waals surface area contributed by atoms with Crippen molar-refractivity contribution < 1.29 is 52.3 Å². The van der Waals surface area contributed by atoms with Gasteiger partial charge in [0.2, 0.25) is 0 Å². The second-order valence-electron chi connectivity index (χ2n) is 5.53.